The summed E-state index contributed by atoms with van der Waals surface area (Å²) in [6, 6.07) is 0.159. The molecule has 1 heterocycles. The first kappa shape index (κ1) is 7.73. The lowest BCUT2D eigenvalue weighted by molar-refractivity contribution is 0.210. The quantitative estimate of drug-likeness (QED) is 0.683. The molecule has 0 aliphatic heterocycles. The van der Waals surface area contributed by atoms with Crippen LogP contribution in [-0.2, 0) is 0 Å². The number of carbonyl (C=O) groups is 1. The van der Waals surface area contributed by atoms with Crippen LogP contribution in [0.4, 0.5) is 4.79 Å². The van der Waals surface area contributed by atoms with Crippen LogP contribution < -0.4 is 15.2 Å². The first-order valence-corrected chi connectivity index (χ1v) is 3.34. The van der Waals surface area contributed by atoms with Crippen LogP contribution in [0.5, 0.6) is 11.2 Å². The van der Waals surface area contributed by atoms with E-state index in [0.29, 0.717) is 0 Å². The molecule has 0 fully saturated rings. The lowest BCUT2D eigenvalue weighted by Gasteiger charge is -1.89. The Morgan fingerprint density at radius 2 is 2.45 bits per heavy atom. The van der Waals surface area contributed by atoms with Crippen molar-refractivity contribution in [1.29, 1.82) is 0 Å². The Balaban J connectivity index is 2.65. The molecule has 1 aromatic heterocycles. The van der Waals surface area contributed by atoms with Crippen LogP contribution in [-0.4, -0.2) is 22.6 Å². The van der Waals surface area contributed by atoms with Gasteiger partial charge in [0.25, 0.3) is 0 Å². The number of ether oxygens (including phenoxy) is 2. The topological polar surface area (TPSA) is 87.3 Å². The van der Waals surface area contributed by atoms with E-state index in [0.717, 1.165) is 11.5 Å². The summed E-state index contributed by atoms with van der Waals surface area (Å²) in [5.41, 5.74) is 4.71. The fourth-order valence-corrected chi connectivity index (χ4v) is 0.917. The van der Waals surface area contributed by atoms with E-state index < -0.39 is 6.09 Å². The fourth-order valence-electron chi connectivity index (χ4n) is 0.407. The maximum Gasteiger partial charge on any atom is 0.411 e. The molecule has 11 heavy (non-hydrogen) atoms. The number of aromatic nitrogens is 2. The van der Waals surface area contributed by atoms with Crippen molar-refractivity contribution in [2.24, 2.45) is 5.73 Å². The smallest absolute Gasteiger partial charge is 0.411 e. The SMILES string of the molecule is COc1nsc(OC(N)=O)n1. The van der Waals surface area contributed by atoms with Crippen molar-refractivity contribution >= 4 is 17.6 Å². The molecule has 6 nitrogen and oxygen atoms in total. The van der Waals surface area contributed by atoms with E-state index in [1.54, 1.807) is 0 Å². The van der Waals surface area contributed by atoms with Gasteiger partial charge in [-0.1, -0.05) is 0 Å². The van der Waals surface area contributed by atoms with Crippen molar-refractivity contribution in [3.63, 3.8) is 0 Å². The number of primary amides is 1. The molecule has 0 aliphatic rings. The molecule has 0 saturated carbocycles. The molecule has 0 radical (unpaired) electrons. The van der Waals surface area contributed by atoms with Gasteiger partial charge in [-0.3, -0.25) is 0 Å². The fraction of sp³-hybridized carbons (Fsp3) is 0.250. The summed E-state index contributed by atoms with van der Waals surface area (Å²) in [5, 5.41) is 0.0781. The molecule has 0 saturated heterocycles. The number of nitrogens with two attached hydrogens (primary N) is 1. The zero-order valence-electron chi connectivity index (χ0n) is 5.60. The Labute approximate surface area is 66.1 Å². The van der Waals surface area contributed by atoms with E-state index in [4.69, 9.17) is 5.73 Å². The molecular formula is C4H5N3O3S. The van der Waals surface area contributed by atoms with Crippen LogP contribution >= 0.6 is 11.5 Å². The highest BCUT2D eigenvalue weighted by Crippen LogP contribution is 2.17. The predicted octanol–water partition coefficient (Wildman–Crippen LogP) is 0.00420. The normalized spacial score (nSPS) is 9.18. The highest BCUT2D eigenvalue weighted by molar-refractivity contribution is 7.07. The van der Waals surface area contributed by atoms with E-state index in [2.05, 4.69) is 18.8 Å². The van der Waals surface area contributed by atoms with E-state index in [1.807, 2.05) is 0 Å². The average molecular weight is 175 g/mol. The predicted molar refractivity (Wildman–Crippen MR) is 36.7 cm³/mol. The lowest BCUT2D eigenvalue weighted by Crippen LogP contribution is -2.15. The molecule has 0 unspecified atom stereocenters. The van der Waals surface area contributed by atoms with Gasteiger partial charge in [-0.25, -0.2) is 4.79 Å². The average Bonchev–Trinajstić information content (AvgIpc) is 2.34. The molecule has 1 amide bonds. The van der Waals surface area contributed by atoms with Gasteiger partial charge in [-0.2, -0.15) is 0 Å². The van der Waals surface area contributed by atoms with Gasteiger partial charge in [-0.15, -0.1) is 9.36 Å². The molecule has 0 atom stereocenters. The molecule has 0 bridgehead atoms. The van der Waals surface area contributed by atoms with Gasteiger partial charge in [0.1, 0.15) is 0 Å². The highest BCUT2D eigenvalue weighted by Gasteiger charge is 2.06. The highest BCUT2D eigenvalue weighted by atomic mass is 32.1. The van der Waals surface area contributed by atoms with E-state index in [1.165, 1.54) is 7.11 Å². The second-order valence-corrected chi connectivity index (χ2v) is 2.18. The minimum absolute atomic E-state index is 0.0781. The standard InChI is InChI=1S/C4H5N3O3S/c1-9-3-6-4(11-7-3)10-2(5)8/h1H3,(H2,5,8). The number of amides is 1. The molecule has 0 spiro atoms. The van der Waals surface area contributed by atoms with Crippen LogP contribution in [0.1, 0.15) is 0 Å². The van der Waals surface area contributed by atoms with Crippen molar-refractivity contribution in [3.8, 4) is 11.2 Å². The van der Waals surface area contributed by atoms with E-state index >= 15 is 0 Å². The maximum atomic E-state index is 10.2. The number of carbonyl (C=O) groups excluding carboxylic acids is 1. The third-order valence-corrected chi connectivity index (χ3v) is 1.34. The van der Waals surface area contributed by atoms with Gasteiger partial charge in [0.2, 0.25) is 0 Å². The van der Waals surface area contributed by atoms with E-state index in [9.17, 15) is 4.79 Å². The third kappa shape index (κ3) is 2.04. The van der Waals surface area contributed by atoms with Crippen LogP contribution in [0.15, 0.2) is 0 Å². The lowest BCUT2D eigenvalue weighted by atomic mass is 11.1. The van der Waals surface area contributed by atoms with Crippen LogP contribution in [0.25, 0.3) is 0 Å². The summed E-state index contributed by atoms with van der Waals surface area (Å²) in [7, 11) is 1.41. The number of nitrogens with zero attached hydrogens (tertiary/aromatic N) is 2. The van der Waals surface area contributed by atoms with Gasteiger partial charge in [0.05, 0.1) is 7.11 Å². The van der Waals surface area contributed by atoms with E-state index in [-0.39, 0.29) is 11.2 Å². The van der Waals surface area contributed by atoms with Crippen molar-refractivity contribution in [2.75, 3.05) is 7.11 Å². The number of methoxy groups -OCH3 is 1. The minimum Gasteiger partial charge on any atom is -0.466 e. The molecule has 0 aromatic carbocycles. The molecule has 1 aromatic rings. The van der Waals surface area contributed by atoms with Crippen LogP contribution in [0.3, 0.4) is 0 Å². The molecule has 7 heteroatoms. The van der Waals surface area contributed by atoms with Gasteiger partial charge in [0, 0.05) is 11.5 Å². The molecular weight excluding hydrogens is 170 g/mol. The molecule has 0 aliphatic carbocycles. The number of hydrogen-bond donors (Lipinski definition) is 1. The Bertz CT molecular complexity index is 261. The summed E-state index contributed by atoms with van der Waals surface area (Å²) < 4.78 is 12.7. The first-order valence-electron chi connectivity index (χ1n) is 2.57. The first-order chi connectivity index (χ1) is 5.22. The monoisotopic (exact) mass is 175 g/mol. The summed E-state index contributed by atoms with van der Waals surface area (Å²) in [6.45, 7) is 0. The number of rotatable bonds is 2. The molecule has 2 N–H and O–H groups in total. The van der Waals surface area contributed by atoms with Crippen molar-refractivity contribution < 1.29 is 14.3 Å². The summed E-state index contributed by atoms with van der Waals surface area (Å²) in [6.07, 6.45) is -0.913. The van der Waals surface area contributed by atoms with Crippen molar-refractivity contribution in [3.05, 3.63) is 0 Å². The Morgan fingerprint density at radius 1 is 1.73 bits per heavy atom. The summed E-state index contributed by atoms with van der Waals surface area (Å²) >= 11 is 0.893. The summed E-state index contributed by atoms with van der Waals surface area (Å²) in [4.78, 5) is 13.8. The molecule has 1 rings (SSSR count). The Hall–Kier alpha value is -1.37. The van der Waals surface area contributed by atoms with Gasteiger partial charge < -0.3 is 15.2 Å². The Morgan fingerprint density at radius 3 is 2.91 bits per heavy atom. The largest absolute Gasteiger partial charge is 0.466 e. The second kappa shape index (κ2) is 3.15. The third-order valence-electron chi connectivity index (χ3n) is 0.759. The number of hydrogen-bond acceptors (Lipinski definition) is 6. The zero-order chi connectivity index (χ0) is 8.27. The molecule has 60 valence electrons. The van der Waals surface area contributed by atoms with Gasteiger partial charge in [-0.05, 0) is 0 Å². The Kier molecular flexibility index (Phi) is 2.21. The van der Waals surface area contributed by atoms with Gasteiger partial charge >= 0.3 is 17.3 Å². The van der Waals surface area contributed by atoms with Crippen molar-refractivity contribution in [1.82, 2.24) is 9.36 Å². The maximum absolute atomic E-state index is 10.2. The summed E-state index contributed by atoms with van der Waals surface area (Å²) in [5.74, 6) is 0. The van der Waals surface area contributed by atoms with Crippen LogP contribution in [0, 0.1) is 0 Å². The zero-order valence-corrected chi connectivity index (χ0v) is 6.42. The van der Waals surface area contributed by atoms with Gasteiger partial charge in [0.15, 0.2) is 0 Å². The van der Waals surface area contributed by atoms with Crippen LogP contribution in [0.2, 0.25) is 0 Å². The minimum atomic E-state index is -0.913. The second-order valence-electron chi connectivity index (χ2n) is 1.47. The van der Waals surface area contributed by atoms with Crippen molar-refractivity contribution in [2.45, 2.75) is 0 Å².